The molecule has 0 aliphatic rings. The predicted octanol–water partition coefficient (Wildman–Crippen LogP) is 11.3. The van der Waals surface area contributed by atoms with Gasteiger partial charge in [0, 0.05) is 50.6 Å². The van der Waals surface area contributed by atoms with Crippen LogP contribution in [-0.2, 0) is 26.6 Å². The van der Waals surface area contributed by atoms with Crippen LogP contribution in [0.25, 0.3) is 66.6 Å². The Bertz CT molecular complexity index is 3400. The number of nitrogens with zero attached hydrogens (tertiary/aromatic N) is 4. The molecular formula is C58H45N4PtSi-. The van der Waals surface area contributed by atoms with E-state index in [0.717, 1.165) is 54.9 Å². The third-order valence-electron chi connectivity index (χ3n) is 12.5. The molecule has 0 fully saturated rings. The molecule has 64 heavy (non-hydrogen) atoms. The molecule has 3 heterocycles. The first-order chi connectivity index (χ1) is 30.9. The van der Waals surface area contributed by atoms with Gasteiger partial charge in [0.1, 0.15) is 13.9 Å². The van der Waals surface area contributed by atoms with E-state index in [1.54, 1.807) is 0 Å². The molecule has 0 saturated carbocycles. The van der Waals surface area contributed by atoms with Gasteiger partial charge in [-0.2, -0.15) is 35.5 Å². The maximum Gasteiger partial charge on any atom is 0.188 e. The van der Waals surface area contributed by atoms with E-state index in [0.29, 0.717) is 0 Å². The summed E-state index contributed by atoms with van der Waals surface area (Å²) in [6.45, 7) is 6.77. The molecule has 0 unspecified atom stereocenters. The quantitative estimate of drug-likeness (QED) is 0.0847. The molecular weight excluding hydrogens is 976 g/mol. The Kier molecular flexibility index (Phi) is 10.7. The molecule has 0 N–H and O–H groups in total. The van der Waals surface area contributed by atoms with E-state index in [9.17, 15) is 0 Å². The summed E-state index contributed by atoms with van der Waals surface area (Å²) in [5.41, 5.74) is 9.95. The van der Waals surface area contributed by atoms with Crippen molar-refractivity contribution in [3.8, 4) is 33.8 Å². The van der Waals surface area contributed by atoms with Crippen molar-refractivity contribution in [1.82, 2.24) is 18.7 Å². The van der Waals surface area contributed by atoms with Crippen LogP contribution in [-0.4, -0.2) is 26.8 Å². The molecule has 0 aliphatic carbocycles. The average molecular weight is 1020 g/mol. The summed E-state index contributed by atoms with van der Waals surface area (Å²) >= 11 is 0. The molecule has 0 atom stereocenters. The van der Waals surface area contributed by atoms with Gasteiger partial charge in [0.25, 0.3) is 0 Å². The molecule has 0 bridgehead atoms. The molecule has 3 aromatic heterocycles. The first-order valence-electron chi connectivity index (χ1n) is 21.6. The maximum absolute atomic E-state index is 5.11. The predicted molar refractivity (Wildman–Crippen MR) is 265 cm³/mol. The standard InChI is InChI=1S/C58H45N4Si.Pt/c1-58(2,3)61-41-60(54-32-17-18-33-55(54)61)44-22-19-27-47(39-44)63(45-23-9-5-10-24-45,46-25-11-6-12-26-46)48-34-35-52-51-30-15-16-31-53(51)62(56(52)40-48)57-38-43(36-37-59-57)50-29-14-13-28-49(50)42-20-7-4-8-21-42;/h4-38,41H,1-3H3;/q-1;. The number of fused-ring (bicyclic) bond motifs is 4. The van der Waals surface area contributed by atoms with Gasteiger partial charge >= 0.3 is 0 Å². The summed E-state index contributed by atoms with van der Waals surface area (Å²) in [5, 5.41) is 7.15. The van der Waals surface area contributed by atoms with E-state index in [4.69, 9.17) is 4.98 Å². The minimum Gasteiger partial charge on any atom is -0.319 e. The van der Waals surface area contributed by atoms with E-state index in [1.165, 1.54) is 32.4 Å². The number of aromatic nitrogens is 4. The minimum absolute atomic E-state index is 0. The smallest absolute Gasteiger partial charge is 0.188 e. The number of imidazole rings is 1. The fraction of sp³-hybridized carbons (Fsp3) is 0.0690. The van der Waals surface area contributed by atoms with Crippen LogP contribution in [0.3, 0.4) is 0 Å². The summed E-state index contributed by atoms with van der Waals surface area (Å²) in [7, 11) is -3.13. The number of benzene rings is 8. The maximum atomic E-state index is 5.11. The van der Waals surface area contributed by atoms with E-state index in [-0.39, 0.29) is 26.6 Å². The van der Waals surface area contributed by atoms with Crippen LogP contribution >= 0.6 is 0 Å². The molecule has 8 aromatic carbocycles. The minimum atomic E-state index is -3.13. The first-order valence-corrected chi connectivity index (χ1v) is 23.6. The van der Waals surface area contributed by atoms with E-state index >= 15 is 0 Å². The fourth-order valence-electron chi connectivity index (χ4n) is 9.63. The van der Waals surface area contributed by atoms with Crippen molar-refractivity contribution >= 4 is 61.7 Å². The van der Waals surface area contributed by atoms with E-state index in [2.05, 4.69) is 259 Å². The molecule has 11 rings (SSSR count). The second-order valence-corrected chi connectivity index (χ2v) is 21.0. The zero-order chi connectivity index (χ0) is 42.5. The van der Waals surface area contributed by atoms with Gasteiger partial charge in [-0.05, 0) is 89.1 Å². The average Bonchev–Trinajstić information content (AvgIpc) is 3.90. The molecule has 4 nitrogen and oxygen atoms in total. The molecule has 0 amide bonds. The van der Waals surface area contributed by atoms with Gasteiger partial charge in [-0.25, -0.2) is 14.1 Å². The van der Waals surface area contributed by atoms with Gasteiger partial charge < -0.3 is 4.57 Å². The van der Waals surface area contributed by atoms with Gasteiger partial charge in [0.15, 0.2) is 17.4 Å². The van der Waals surface area contributed by atoms with Crippen LogP contribution in [0.2, 0.25) is 0 Å². The second kappa shape index (κ2) is 16.7. The zero-order valence-electron chi connectivity index (χ0n) is 35.9. The van der Waals surface area contributed by atoms with Crippen LogP contribution < -0.4 is 20.7 Å². The normalized spacial score (nSPS) is 11.9. The number of hydrogen-bond acceptors (Lipinski definition) is 1. The van der Waals surface area contributed by atoms with Gasteiger partial charge in [0.05, 0.1) is 5.54 Å². The third-order valence-corrected chi connectivity index (χ3v) is 17.1. The zero-order valence-corrected chi connectivity index (χ0v) is 39.2. The van der Waals surface area contributed by atoms with Crippen molar-refractivity contribution in [2.45, 2.75) is 26.3 Å². The van der Waals surface area contributed by atoms with Crippen molar-refractivity contribution in [2.24, 2.45) is 0 Å². The summed E-state index contributed by atoms with van der Waals surface area (Å²) in [6.07, 6.45) is 4.18. The molecule has 11 aromatic rings. The summed E-state index contributed by atoms with van der Waals surface area (Å²) in [6, 6.07) is 82.7. The van der Waals surface area contributed by atoms with Crippen LogP contribution in [0.5, 0.6) is 0 Å². The van der Waals surface area contributed by atoms with Crippen LogP contribution in [0.4, 0.5) is 0 Å². The Morgan fingerprint density at radius 3 is 1.77 bits per heavy atom. The molecule has 312 valence electrons. The Morgan fingerprint density at radius 2 is 1.08 bits per heavy atom. The van der Waals surface area contributed by atoms with Gasteiger partial charge in [0.2, 0.25) is 0 Å². The monoisotopic (exact) mass is 1020 g/mol. The Hall–Kier alpha value is -6.91. The van der Waals surface area contributed by atoms with Gasteiger partial charge in [-0.15, -0.1) is 22.7 Å². The molecule has 0 saturated heterocycles. The van der Waals surface area contributed by atoms with Gasteiger partial charge in [-0.3, -0.25) is 0 Å². The number of rotatable bonds is 8. The number of hydrogen-bond donors (Lipinski definition) is 0. The molecule has 0 radical (unpaired) electrons. The fourth-order valence-corrected chi connectivity index (χ4v) is 14.2. The Balaban J connectivity index is 0.00000484. The van der Waals surface area contributed by atoms with Crippen LogP contribution in [0.15, 0.2) is 219 Å². The summed E-state index contributed by atoms with van der Waals surface area (Å²) in [5.74, 6) is 0.849. The number of para-hydroxylation sites is 3. The SMILES string of the molecule is CC(C)(C)n1[cH+]n(-c2[c-]c([Si](c3[c-]c4c(cc3)c3ccccc3n4-c3cc(-c4ccccc4-c4ccccc4)ccn3)(c3ccccc3)c3ccccc3)ccc2)c2ccccc21.[Pt]. The van der Waals surface area contributed by atoms with Crippen molar-refractivity contribution in [3.63, 3.8) is 0 Å². The Labute approximate surface area is 390 Å². The molecule has 0 aliphatic heterocycles. The summed E-state index contributed by atoms with van der Waals surface area (Å²) in [4.78, 5) is 5.11. The van der Waals surface area contributed by atoms with Crippen molar-refractivity contribution in [2.75, 3.05) is 0 Å². The molecule has 0 spiro atoms. The van der Waals surface area contributed by atoms with Crippen molar-refractivity contribution < 1.29 is 21.1 Å². The van der Waals surface area contributed by atoms with Crippen molar-refractivity contribution in [1.29, 1.82) is 0 Å². The van der Waals surface area contributed by atoms with Crippen LogP contribution in [0.1, 0.15) is 20.8 Å². The van der Waals surface area contributed by atoms with Gasteiger partial charge in [-0.1, -0.05) is 139 Å². The van der Waals surface area contributed by atoms with E-state index in [1.807, 2.05) is 6.20 Å². The summed E-state index contributed by atoms with van der Waals surface area (Å²) < 4.78 is 6.99. The van der Waals surface area contributed by atoms with Crippen molar-refractivity contribution in [3.05, 3.63) is 231 Å². The van der Waals surface area contributed by atoms with Crippen LogP contribution in [0, 0.1) is 12.1 Å². The topological polar surface area (TPSA) is 27.7 Å². The second-order valence-electron chi connectivity index (χ2n) is 17.2. The van der Waals surface area contributed by atoms with E-state index < -0.39 is 8.07 Å². The third kappa shape index (κ3) is 6.88. The first kappa shape index (κ1) is 41.1. The number of pyridine rings is 1. The Morgan fingerprint density at radius 1 is 0.500 bits per heavy atom. The largest absolute Gasteiger partial charge is 0.319 e. The molecule has 6 heteroatoms.